The van der Waals surface area contributed by atoms with Gasteiger partial charge in [0.25, 0.3) is 5.91 Å². The van der Waals surface area contributed by atoms with E-state index in [1.54, 1.807) is 12.1 Å². The quantitative estimate of drug-likeness (QED) is 0.273. The normalized spacial score (nSPS) is 10.6. The number of hydrogen-bond acceptors (Lipinski definition) is 2. The molecule has 0 unspecified atom stereocenters. The Balaban J connectivity index is 1.32. The Morgan fingerprint density at radius 2 is 1.16 bits per heavy atom. The summed E-state index contributed by atoms with van der Waals surface area (Å²) in [5, 5.41) is 6.05. The SMILES string of the molecule is O=C(NC(=S)Nc1ccc(C=Cc2ccccc2)cc1)c1ccc(-c2ccccc2)cc1. The van der Waals surface area contributed by atoms with Gasteiger partial charge in [0, 0.05) is 11.3 Å². The molecule has 4 aromatic carbocycles. The molecule has 2 N–H and O–H groups in total. The van der Waals surface area contributed by atoms with Crippen molar-refractivity contribution in [2.45, 2.75) is 0 Å². The molecular formula is C28H22N2OS. The molecule has 0 spiro atoms. The molecule has 0 aromatic heterocycles. The van der Waals surface area contributed by atoms with Crippen LogP contribution in [0, 0.1) is 0 Å². The van der Waals surface area contributed by atoms with Crippen LogP contribution in [0.4, 0.5) is 5.69 Å². The maximum absolute atomic E-state index is 12.5. The molecule has 0 fully saturated rings. The monoisotopic (exact) mass is 434 g/mol. The average Bonchev–Trinajstić information content (AvgIpc) is 2.85. The fraction of sp³-hybridized carbons (Fsp3) is 0. The predicted octanol–water partition coefficient (Wildman–Crippen LogP) is 6.65. The van der Waals surface area contributed by atoms with Gasteiger partial charge in [0.2, 0.25) is 0 Å². The molecule has 0 saturated heterocycles. The molecule has 1 amide bonds. The zero-order valence-electron chi connectivity index (χ0n) is 17.4. The summed E-state index contributed by atoms with van der Waals surface area (Å²) >= 11 is 5.31. The Morgan fingerprint density at radius 1 is 0.625 bits per heavy atom. The van der Waals surface area contributed by atoms with Crippen molar-refractivity contribution in [1.82, 2.24) is 5.32 Å². The summed E-state index contributed by atoms with van der Waals surface area (Å²) in [5.74, 6) is -0.246. The highest BCUT2D eigenvalue weighted by Crippen LogP contribution is 2.19. The van der Waals surface area contributed by atoms with Crippen LogP contribution in [0.3, 0.4) is 0 Å². The van der Waals surface area contributed by atoms with Gasteiger partial charge in [-0.25, -0.2) is 0 Å². The number of thiocarbonyl (C=S) groups is 1. The van der Waals surface area contributed by atoms with Crippen molar-refractivity contribution in [3.8, 4) is 11.1 Å². The summed E-state index contributed by atoms with van der Waals surface area (Å²) in [6, 6.07) is 35.5. The Morgan fingerprint density at radius 3 is 1.78 bits per heavy atom. The predicted molar refractivity (Wildman–Crippen MR) is 137 cm³/mol. The van der Waals surface area contributed by atoms with Crippen molar-refractivity contribution >= 4 is 41.1 Å². The van der Waals surface area contributed by atoms with Gasteiger partial charge in [-0.1, -0.05) is 97.1 Å². The van der Waals surface area contributed by atoms with E-state index in [9.17, 15) is 4.79 Å². The van der Waals surface area contributed by atoms with E-state index in [2.05, 4.69) is 34.9 Å². The molecule has 0 atom stereocenters. The van der Waals surface area contributed by atoms with Gasteiger partial charge in [-0.05, 0) is 58.7 Å². The van der Waals surface area contributed by atoms with Crippen molar-refractivity contribution < 1.29 is 4.79 Å². The van der Waals surface area contributed by atoms with Gasteiger partial charge in [-0.2, -0.15) is 0 Å². The third-order valence-corrected chi connectivity index (χ3v) is 5.12. The standard InChI is InChI=1S/C28H22N2OS/c31-27(25-17-15-24(16-18-25)23-9-5-2-6-10-23)30-28(32)29-26-19-13-22(14-20-26)12-11-21-7-3-1-4-8-21/h1-20H,(H2,29,30,31,32). The van der Waals surface area contributed by atoms with Gasteiger partial charge in [0.05, 0.1) is 0 Å². The Labute approximate surface area is 193 Å². The molecule has 4 heteroatoms. The molecule has 0 bridgehead atoms. The largest absolute Gasteiger partial charge is 0.332 e. The van der Waals surface area contributed by atoms with E-state index >= 15 is 0 Å². The van der Waals surface area contributed by atoms with Gasteiger partial charge < -0.3 is 5.32 Å². The van der Waals surface area contributed by atoms with E-state index < -0.39 is 0 Å². The van der Waals surface area contributed by atoms with Crippen LogP contribution in [-0.4, -0.2) is 11.0 Å². The summed E-state index contributed by atoms with van der Waals surface area (Å²) in [5.41, 5.74) is 5.76. The molecule has 4 aromatic rings. The third-order valence-electron chi connectivity index (χ3n) is 4.92. The molecule has 0 aliphatic rings. The zero-order chi connectivity index (χ0) is 22.2. The van der Waals surface area contributed by atoms with Crippen LogP contribution < -0.4 is 10.6 Å². The smallest absolute Gasteiger partial charge is 0.257 e. The minimum absolute atomic E-state index is 0.246. The lowest BCUT2D eigenvalue weighted by atomic mass is 10.0. The lowest BCUT2D eigenvalue weighted by Crippen LogP contribution is -2.34. The molecule has 32 heavy (non-hydrogen) atoms. The summed E-state index contributed by atoms with van der Waals surface area (Å²) in [6.07, 6.45) is 4.12. The van der Waals surface area contributed by atoms with Crippen LogP contribution in [0.1, 0.15) is 21.5 Å². The number of rotatable bonds is 5. The van der Waals surface area contributed by atoms with Crippen molar-refractivity contribution in [3.63, 3.8) is 0 Å². The number of benzene rings is 4. The lowest BCUT2D eigenvalue weighted by Gasteiger charge is -2.10. The molecule has 0 saturated carbocycles. The van der Waals surface area contributed by atoms with Crippen molar-refractivity contribution in [2.75, 3.05) is 5.32 Å². The minimum Gasteiger partial charge on any atom is -0.332 e. The summed E-state index contributed by atoms with van der Waals surface area (Å²) in [6.45, 7) is 0. The first-order valence-electron chi connectivity index (χ1n) is 10.3. The maximum Gasteiger partial charge on any atom is 0.257 e. The van der Waals surface area contributed by atoms with E-state index in [0.29, 0.717) is 5.56 Å². The van der Waals surface area contributed by atoms with Crippen LogP contribution in [0.15, 0.2) is 109 Å². The van der Waals surface area contributed by atoms with Crippen molar-refractivity contribution in [2.24, 2.45) is 0 Å². The summed E-state index contributed by atoms with van der Waals surface area (Å²) in [7, 11) is 0. The fourth-order valence-electron chi connectivity index (χ4n) is 3.22. The Kier molecular flexibility index (Phi) is 6.85. The number of anilines is 1. The van der Waals surface area contributed by atoms with Gasteiger partial charge in [0.1, 0.15) is 0 Å². The van der Waals surface area contributed by atoms with Crippen LogP contribution in [0.5, 0.6) is 0 Å². The van der Waals surface area contributed by atoms with E-state index in [4.69, 9.17) is 12.2 Å². The zero-order valence-corrected chi connectivity index (χ0v) is 18.2. The Bertz CT molecular complexity index is 1220. The van der Waals surface area contributed by atoms with E-state index in [-0.39, 0.29) is 11.0 Å². The van der Waals surface area contributed by atoms with Crippen molar-refractivity contribution in [3.05, 3.63) is 126 Å². The number of carbonyl (C=O) groups excluding carboxylic acids is 1. The van der Waals surface area contributed by atoms with Gasteiger partial charge in [0.15, 0.2) is 5.11 Å². The first-order valence-corrected chi connectivity index (χ1v) is 10.7. The molecule has 3 nitrogen and oxygen atoms in total. The molecule has 4 rings (SSSR count). The molecule has 0 heterocycles. The topological polar surface area (TPSA) is 41.1 Å². The highest BCUT2D eigenvalue weighted by molar-refractivity contribution is 7.80. The molecule has 0 radical (unpaired) electrons. The Hall–Kier alpha value is -4.02. The lowest BCUT2D eigenvalue weighted by molar-refractivity contribution is 0.0978. The second-order valence-corrected chi connectivity index (χ2v) is 7.63. The highest BCUT2D eigenvalue weighted by atomic mass is 32.1. The van der Waals surface area contributed by atoms with Crippen LogP contribution in [0.25, 0.3) is 23.3 Å². The third kappa shape index (κ3) is 5.78. The molecule has 156 valence electrons. The maximum atomic E-state index is 12.5. The van der Waals surface area contributed by atoms with Gasteiger partial charge in [-0.3, -0.25) is 10.1 Å². The van der Waals surface area contributed by atoms with Crippen LogP contribution >= 0.6 is 12.2 Å². The molecule has 0 aliphatic carbocycles. The number of carbonyl (C=O) groups is 1. The number of nitrogens with one attached hydrogen (secondary N) is 2. The van der Waals surface area contributed by atoms with Crippen LogP contribution in [-0.2, 0) is 0 Å². The molecule has 0 aliphatic heterocycles. The van der Waals surface area contributed by atoms with Gasteiger partial charge >= 0.3 is 0 Å². The van der Waals surface area contributed by atoms with Gasteiger partial charge in [-0.15, -0.1) is 0 Å². The van der Waals surface area contributed by atoms with E-state index in [0.717, 1.165) is 27.9 Å². The number of hydrogen-bond donors (Lipinski definition) is 2. The fourth-order valence-corrected chi connectivity index (χ4v) is 3.43. The second kappa shape index (κ2) is 10.3. The second-order valence-electron chi connectivity index (χ2n) is 7.22. The minimum atomic E-state index is -0.246. The van der Waals surface area contributed by atoms with Crippen LogP contribution in [0.2, 0.25) is 0 Å². The average molecular weight is 435 g/mol. The molecular weight excluding hydrogens is 412 g/mol. The summed E-state index contributed by atoms with van der Waals surface area (Å²) in [4.78, 5) is 12.5. The highest BCUT2D eigenvalue weighted by Gasteiger charge is 2.08. The van der Waals surface area contributed by atoms with Crippen molar-refractivity contribution in [1.29, 1.82) is 0 Å². The summed E-state index contributed by atoms with van der Waals surface area (Å²) < 4.78 is 0. The number of amides is 1. The van der Waals surface area contributed by atoms with E-state index in [1.807, 2.05) is 84.9 Å². The first-order chi connectivity index (χ1) is 15.7. The van der Waals surface area contributed by atoms with E-state index in [1.165, 1.54) is 0 Å². The first kappa shape index (κ1) is 21.2.